The number of nitrogens with zero attached hydrogens (tertiary/aromatic N) is 2. The summed E-state index contributed by atoms with van der Waals surface area (Å²) in [5.74, 6) is -3.84. The lowest BCUT2D eigenvalue weighted by Crippen LogP contribution is -2.68. The molecule has 9 heteroatoms. The highest BCUT2D eigenvalue weighted by molar-refractivity contribution is 6.15. The minimum Gasteiger partial charge on any atom is -0.458 e. The van der Waals surface area contributed by atoms with Gasteiger partial charge in [0.05, 0.1) is 17.9 Å². The number of fused-ring (bicyclic) bond motifs is 3. The predicted molar refractivity (Wildman–Crippen MR) is 105 cm³/mol. The molecular weight excluding hydrogens is 410 g/mol. The van der Waals surface area contributed by atoms with E-state index in [4.69, 9.17) is 9.47 Å². The molecule has 31 heavy (non-hydrogen) atoms. The van der Waals surface area contributed by atoms with Gasteiger partial charge in [0.25, 0.3) is 5.91 Å². The molecule has 1 saturated heterocycles. The highest BCUT2D eigenvalue weighted by atomic mass is 19.2. The number of para-hydroxylation sites is 1. The highest BCUT2D eigenvalue weighted by Gasteiger charge is 2.61. The Bertz CT molecular complexity index is 1060. The number of esters is 1. The Morgan fingerprint density at radius 3 is 2.68 bits per heavy atom. The first kappa shape index (κ1) is 20.9. The van der Waals surface area contributed by atoms with Crippen molar-refractivity contribution in [2.75, 3.05) is 25.2 Å². The number of amides is 2. The van der Waals surface area contributed by atoms with Gasteiger partial charge in [-0.15, -0.1) is 0 Å². The number of methoxy groups -OCH3 is 1. The van der Waals surface area contributed by atoms with Crippen molar-refractivity contribution in [3.63, 3.8) is 0 Å². The molecule has 0 radical (unpaired) electrons. The summed E-state index contributed by atoms with van der Waals surface area (Å²) in [6.45, 7) is -0.374. The van der Waals surface area contributed by atoms with Crippen LogP contribution < -0.4 is 4.90 Å². The number of hydrogen-bond acceptors (Lipinski definition) is 5. The minimum atomic E-state index is -1.72. The van der Waals surface area contributed by atoms with Gasteiger partial charge in [-0.05, 0) is 18.2 Å². The van der Waals surface area contributed by atoms with Crippen molar-refractivity contribution in [2.24, 2.45) is 0 Å². The van der Waals surface area contributed by atoms with Gasteiger partial charge in [0, 0.05) is 32.1 Å². The fourth-order valence-electron chi connectivity index (χ4n) is 4.15. The van der Waals surface area contributed by atoms with E-state index in [0.717, 1.165) is 6.07 Å². The van der Waals surface area contributed by atoms with Crippen molar-refractivity contribution in [3.05, 3.63) is 65.2 Å². The smallest absolute Gasteiger partial charge is 0.354 e. The SMILES string of the molecule is COCCN1C(=O)c2ccccc2N2C(=O)CC[C@@]12C(=O)OCc1cccc(F)c1F. The van der Waals surface area contributed by atoms with Crippen molar-refractivity contribution in [1.29, 1.82) is 0 Å². The van der Waals surface area contributed by atoms with E-state index >= 15 is 0 Å². The van der Waals surface area contributed by atoms with Crippen LogP contribution in [0, 0.1) is 11.6 Å². The number of benzene rings is 2. The number of hydrogen-bond donors (Lipinski definition) is 0. The van der Waals surface area contributed by atoms with Gasteiger partial charge < -0.3 is 14.4 Å². The lowest BCUT2D eigenvalue weighted by Gasteiger charge is -2.48. The van der Waals surface area contributed by atoms with Crippen LogP contribution in [0.3, 0.4) is 0 Å². The minimum absolute atomic E-state index is 0.0140. The maximum atomic E-state index is 14.0. The molecule has 1 atom stereocenters. The van der Waals surface area contributed by atoms with Gasteiger partial charge in [0.1, 0.15) is 6.61 Å². The predicted octanol–water partition coefficient (Wildman–Crippen LogP) is 2.63. The first-order valence-electron chi connectivity index (χ1n) is 9.75. The Labute approximate surface area is 177 Å². The third-order valence-corrected chi connectivity index (χ3v) is 5.61. The van der Waals surface area contributed by atoms with Crippen LogP contribution in [0.5, 0.6) is 0 Å². The second-order valence-electron chi connectivity index (χ2n) is 7.30. The van der Waals surface area contributed by atoms with E-state index in [1.807, 2.05) is 0 Å². The van der Waals surface area contributed by atoms with Gasteiger partial charge in [-0.1, -0.05) is 24.3 Å². The molecule has 0 N–H and O–H groups in total. The zero-order valence-electron chi connectivity index (χ0n) is 16.8. The number of carbonyl (C=O) groups is 3. The maximum Gasteiger partial charge on any atom is 0.354 e. The molecule has 2 aliphatic rings. The summed E-state index contributed by atoms with van der Waals surface area (Å²) < 4.78 is 38.0. The normalized spacial score (nSPS) is 20.0. The lowest BCUT2D eigenvalue weighted by molar-refractivity contribution is -0.159. The second kappa shape index (κ2) is 8.07. The molecule has 1 fully saturated rings. The maximum absolute atomic E-state index is 14.0. The van der Waals surface area contributed by atoms with E-state index in [0.29, 0.717) is 5.69 Å². The van der Waals surface area contributed by atoms with Gasteiger partial charge in [0.15, 0.2) is 11.6 Å². The van der Waals surface area contributed by atoms with Gasteiger partial charge in [-0.2, -0.15) is 0 Å². The standard InChI is InChI=1S/C22H20F2N2O5/c1-30-12-11-25-20(28)15-6-2-3-8-17(15)26-18(27)9-10-22(25,26)21(29)31-13-14-5-4-7-16(23)19(14)24/h2-8H,9-13H2,1H3/t22-/m1/s1. The molecule has 0 aromatic heterocycles. The van der Waals surface area contributed by atoms with E-state index in [1.165, 1.54) is 29.0 Å². The van der Waals surface area contributed by atoms with Crippen molar-refractivity contribution >= 4 is 23.5 Å². The number of ether oxygens (including phenoxy) is 2. The number of anilines is 1. The van der Waals surface area contributed by atoms with Crippen molar-refractivity contribution in [2.45, 2.75) is 25.1 Å². The van der Waals surface area contributed by atoms with Gasteiger partial charge in [0.2, 0.25) is 11.6 Å². The fraction of sp³-hybridized carbons (Fsp3) is 0.318. The summed E-state index contributed by atoms with van der Waals surface area (Å²) in [5, 5.41) is 0. The third-order valence-electron chi connectivity index (χ3n) is 5.61. The van der Waals surface area contributed by atoms with Crippen molar-refractivity contribution in [1.82, 2.24) is 4.90 Å². The Balaban J connectivity index is 1.74. The van der Waals surface area contributed by atoms with Crippen LogP contribution in [0.25, 0.3) is 0 Å². The van der Waals surface area contributed by atoms with Crippen LogP contribution in [0.1, 0.15) is 28.8 Å². The van der Waals surface area contributed by atoms with E-state index in [9.17, 15) is 23.2 Å². The number of rotatable bonds is 6. The summed E-state index contributed by atoms with van der Waals surface area (Å²) in [4.78, 5) is 42.0. The summed E-state index contributed by atoms with van der Waals surface area (Å²) in [7, 11) is 1.46. The molecule has 0 unspecified atom stereocenters. The monoisotopic (exact) mass is 430 g/mol. The summed E-state index contributed by atoms with van der Waals surface area (Å²) in [6.07, 6.45) is 0.0363. The molecule has 2 amide bonds. The van der Waals surface area contributed by atoms with Crippen molar-refractivity contribution in [3.8, 4) is 0 Å². The van der Waals surface area contributed by atoms with Gasteiger partial charge in [-0.3, -0.25) is 14.5 Å². The highest BCUT2D eigenvalue weighted by Crippen LogP contribution is 2.45. The summed E-state index contributed by atoms with van der Waals surface area (Å²) >= 11 is 0. The van der Waals surface area contributed by atoms with Crippen LogP contribution in [0.4, 0.5) is 14.5 Å². The Morgan fingerprint density at radius 2 is 1.90 bits per heavy atom. The molecule has 2 aliphatic heterocycles. The average Bonchev–Trinajstić information content (AvgIpc) is 3.13. The molecule has 2 heterocycles. The summed E-state index contributed by atoms with van der Waals surface area (Å²) in [6, 6.07) is 10.1. The summed E-state index contributed by atoms with van der Waals surface area (Å²) in [5.41, 5.74) is -1.26. The zero-order valence-corrected chi connectivity index (χ0v) is 16.8. The van der Waals surface area contributed by atoms with E-state index < -0.39 is 35.8 Å². The Hall–Kier alpha value is -3.33. The van der Waals surface area contributed by atoms with Crippen LogP contribution >= 0.6 is 0 Å². The second-order valence-corrected chi connectivity index (χ2v) is 7.30. The molecule has 2 aromatic carbocycles. The first-order valence-corrected chi connectivity index (χ1v) is 9.75. The number of carbonyl (C=O) groups excluding carboxylic acids is 3. The molecule has 4 rings (SSSR count). The quantitative estimate of drug-likeness (QED) is 0.659. The first-order chi connectivity index (χ1) is 14.9. The number of halogens is 2. The van der Waals surface area contributed by atoms with E-state index in [1.54, 1.807) is 24.3 Å². The third kappa shape index (κ3) is 3.25. The Kier molecular flexibility index (Phi) is 5.45. The van der Waals surface area contributed by atoms with Gasteiger partial charge >= 0.3 is 5.97 Å². The molecule has 0 aliphatic carbocycles. The molecule has 0 saturated carbocycles. The topological polar surface area (TPSA) is 76.2 Å². The lowest BCUT2D eigenvalue weighted by atomic mass is 9.96. The largest absolute Gasteiger partial charge is 0.458 e. The van der Waals surface area contributed by atoms with E-state index in [2.05, 4.69) is 0 Å². The average molecular weight is 430 g/mol. The molecule has 0 bridgehead atoms. The molecule has 7 nitrogen and oxygen atoms in total. The van der Waals surface area contributed by atoms with Crippen LogP contribution in [0.15, 0.2) is 42.5 Å². The molecular formula is C22H20F2N2O5. The van der Waals surface area contributed by atoms with Crippen LogP contribution in [-0.4, -0.2) is 48.6 Å². The van der Waals surface area contributed by atoms with Gasteiger partial charge in [-0.25, -0.2) is 13.6 Å². The van der Waals surface area contributed by atoms with E-state index in [-0.39, 0.29) is 43.0 Å². The molecule has 2 aromatic rings. The fourth-order valence-corrected chi connectivity index (χ4v) is 4.15. The van der Waals surface area contributed by atoms with Crippen LogP contribution in [0.2, 0.25) is 0 Å². The zero-order chi connectivity index (χ0) is 22.2. The Morgan fingerprint density at radius 1 is 1.13 bits per heavy atom. The molecule has 162 valence electrons. The van der Waals surface area contributed by atoms with Crippen molar-refractivity contribution < 1.29 is 32.6 Å². The molecule has 0 spiro atoms. The van der Waals surface area contributed by atoms with Crippen LogP contribution in [-0.2, 0) is 25.7 Å².